The van der Waals surface area contributed by atoms with Crippen LogP contribution in [0.5, 0.6) is 5.75 Å². The van der Waals surface area contributed by atoms with Crippen molar-refractivity contribution in [3.8, 4) is 5.75 Å². The van der Waals surface area contributed by atoms with E-state index in [0.717, 1.165) is 69.8 Å². The lowest BCUT2D eigenvalue weighted by Crippen LogP contribution is -2.22. The normalized spacial score (nSPS) is 24.4. The molecule has 2 aromatic rings. The van der Waals surface area contributed by atoms with Gasteiger partial charge in [0.1, 0.15) is 0 Å². The molecule has 2 fully saturated rings. The first kappa shape index (κ1) is 26.8. The molecular formula is C31H39F3O2. The van der Waals surface area contributed by atoms with Gasteiger partial charge < -0.3 is 9.47 Å². The molecule has 0 aliphatic heterocycles. The summed E-state index contributed by atoms with van der Waals surface area (Å²) in [6.07, 6.45) is 10.6. The fraction of sp³-hybridized carbons (Fsp3) is 0.548. The lowest BCUT2D eigenvalue weighted by Gasteiger charge is -2.30. The Morgan fingerprint density at radius 1 is 0.861 bits per heavy atom. The fourth-order valence-electron chi connectivity index (χ4n) is 5.70. The molecule has 2 aromatic carbocycles. The monoisotopic (exact) mass is 500 g/mol. The predicted octanol–water partition coefficient (Wildman–Crippen LogP) is 8.99. The van der Waals surface area contributed by atoms with E-state index in [0.29, 0.717) is 30.3 Å². The molecule has 196 valence electrons. The molecule has 0 radical (unpaired) electrons. The highest BCUT2D eigenvalue weighted by molar-refractivity contribution is 5.32. The molecule has 2 aliphatic rings. The summed E-state index contributed by atoms with van der Waals surface area (Å²) < 4.78 is 55.9. The first-order valence-electron chi connectivity index (χ1n) is 13.6. The van der Waals surface area contributed by atoms with Crippen molar-refractivity contribution in [2.45, 2.75) is 95.7 Å². The van der Waals surface area contributed by atoms with Gasteiger partial charge in [0.2, 0.25) is 0 Å². The van der Waals surface area contributed by atoms with E-state index < -0.39 is 11.6 Å². The van der Waals surface area contributed by atoms with E-state index in [1.54, 1.807) is 6.07 Å². The third-order valence-corrected chi connectivity index (χ3v) is 8.00. The quantitative estimate of drug-likeness (QED) is 0.239. The highest BCUT2D eigenvalue weighted by atomic mass is 19.2. The minimum atomic E-state index is -0.655. The van der Waals surface area contributed by atoms with E-state index in [9.17, 15) is 4.39 Å². The maximum atomic E-state index is 15.1. The summed E-state index contributed by atoms with van der Waals surface area (Å²) in [5, 5.41) is 0. The number of halogens is 3. The summed E-state index contributed by atoms with van der Waals surface area (Å²) in [7, 11) is 0. The Balaban J connectivity index is 1.26. The van der Waals surface area contributed by atoms with Crippen LogP contribution in [0.15, 0.2) is 43.0 Å². The second kappa shape index (κ2) is 12.8. The molecule has 4 rings (SSSR count). The smallest absolute Gasteiger partial charge is 0.165 e. The number of hydrogen-bond acceptors (Lipinski definition) is 2. The zero-order valence-corrected chi connectivity index (χ0v) is 21.4. The number of ether oxygens (including phenoxy) is 2. The summed E-state index contributed by atoms with van der Waals surface area (Å²) in [5.41, 5.74) is 1.82. The minimum absolute atomic E-state index is 0.00902. The van der Waals surface area contributed by atoms with E-state index in [-0.39, 0.29) is 29.5 Å². The van der Waals surface area contributed by atoms with Crippen LogP contribution in [-0.4, -0.2) is 12.7 Å². The topological polar surface area (TPSA) is 18.5 Å². The van der Waals surface area contributed by atoms with Crippen LogP contribution < -0.4 is 4.74 Å². The van der Waals surface area contributed by atoms with Crippen molar-refractivity contribution < 1.29 is 22.6 Å². The number of allylic oxidation sites excluding steroid dienone is 1. The molecule has 0 saturated heterocycles. The van der Waals surface area contributed by atoms with Gasteiger partial charge in [-0.15, -0.1) is 6.58 Å². The summed E-state index contributed by atoms with van der Waals surface area (Å²) in [6.45, 7) is 6.67. The average molecular weight is 501 g/mol. The van der Waals surface area contributed by atoms with Crippen LogP contribution in [0.4, 0.5) is 13.2 Å². The van der Waals surface area contributed by atoms with E-state index >= 15 is 8.78 Å². The molecule has 0 aromatic heterocycles. The highest BCUT2D eigenvalue weighted by Crippen LogP contribution is 2.40. The number of benzene rings is 2. The molecule has 0 amide bonds. The summed E-state index contributed by atoms with van der Waals surface area (Å²) in [4.78, 5) is 0. The Bertz CT molecular complexity index is 1010. The van der Waals surface area contributed by atoms with Crippen LogP contribution in [0.2, 0.25) is 0 Å². The van der Waals surface area contributed by atoms with Crippen molar-refractivity contribution in [1.82, 2.24) is 0 Å². The Labute approximate surface area is 213 Å². The molecule has 0 unspecified atom stereocenters. The van der Waals surface area contributed by atoms with Gasteiger partial charge in [-0.1, -0.05) is 44.0 Å². The lowest BCUT2D eigenvalue weighted by atomic mass is 9.77. The third-order valence-electron chi connectivity index (χ3n) is 8.00. The predicted molar refractivity (Wildman–Crippen MR) is 138 cm³/mol. The molecule has 0 spiro atoms. The Morgan fingerprint density at radius 3 is 2.06 bits per heavy atom. The van der Waals surface area contributed by atoms with Crippen molar-refractivity contribution in [2.24, 2.45) is 5.92 Å². The van der Waals surface area contributed by atoms with E-state index in [4.69, 9.17) is 9.47 Å². The van der Waals surface area contributed by atoms with Crippen molar-refractivity contribution in [3.05, 3.63) is 77.1 Å². The van der Waals surface area contributed by atoms with Gasteiger partial charge in [-0.25, -0.2) is 13.2 Å². The van der Waals surface area contributed by atoms with Crippen molar-refractivity contribution in [1.29, 1.82) is 0 Å². The molecule has 36 heavy (non-hydrogen) atoms. The average Bonchev–Trinajstić information content (AvgIpc) is 2.89. The molecule has 0 bridgehead atoms. The fourth-order valence-corrected chi connectivity index (χ4v) is 5.70. The van der Waals surface area contributed by atoms with Gasteiger partial charge in [-0.2, -0.15) is 0 Å². The molecule has 0 N–H and O–H groups in total. The second-order valence-electron chi connectivity index (χ2n) is 10.7. The molecule has 2 nitrogen and oxygen atoms in total. The second-order valence-corrected chi connectivity index (χ2v) is 10.7. The van der Waals surface area contributed by atoms with Gasteiger partial charge in [0, 0.05) is 0 Å². The molecule has 2 aliphatic carbocycles. The van der Waals surface area contributed by atoms with Crippen LogP contribution in [0, 0.1) is 23.4 Å². The van der Waals surface area contributed by atoms with E-state index in [1.807, 2.05) is 24.3 Å². The van der Waals surface area contributed by atoms with Crippen LogP contribution >= 0.6 is 0 Å². The molecule has 5 heteroatoms. The summed E-state index contributed by atoms with van der Waals surface area (Å²) >= 11 is 0. The first-order valence-corrected chi connectivity index (χ1v) is 13.6. The largest absolute Gasteiger partial charge is 0.491 e. The minimum Gasteiger partial charge on any atom is -0.491 e. The number of unbranched alkanes of at least 4 members (excludes halogenated alkanes) is 1. The zero-order valence-electron chi connectivity index (χ0n) is 21.4. The highest BCUT2D eigenvalue weighted by Gasteiger charge is 2.29. The summed E-state index contributed by atoms with van der Waals surface area (Å²) in [6, 6.07) is 8.58. The van der Waals surface area contributed by atoms with Gasteiger partial charge >= 0.3 is 0 Å². The maximum absolute atomic E-state index is 15.1. The number of rotatable bonds is 10. The van der Waals surface area contributed by atoms with Gasteiger partial charge in [0.15, 0.2) is 23.2 Å². The van der Waals surface area contributed by atoms with E-state index in [1.165, 1.54) is 6.07 Å². The van der Waals surface area contributed by atoms with Gasteiger partial charge in [0.05, 0.1) is 19.3 Å². The van der Waals surface area contributed by atoms with Crippen molar-refractivity contribution in [3.63, 3.8) is 0 Å². The SMILES string of the molecule is C=CCCCOc1ccc(COC2CCC(c3ccc(C4CCC(C)CC4)c(F)c3F)CC2)cc1F. The van der Waals surface area contributed by atoms with Crippen molar-refractivity contribution >= 4 is 0 Å². The van der Waals surface area contributed by atoms with Crippen LogP contribution in [0.3, 0.4) is 0 Å². The maximum Gasteiger partial charge on any atom is 0.165 e. The molecule has 0 atom stereocenters. The van der Waals surface area contributed by atoms with Gasteiger partial charge in [-0.05, 0) is 97.9 Å². The number of hydrogen-bond donors (Lipinski definition) is 0. The lowest BCUT2D eigenvalue weighted by molar-refractivity contribution is 0.0130. The van der Waals surface area contributed by atoms with Gasteiger partial charge in [0.25, 0.3) is 0 Å². The van der Waals surface area contributed by atoms with Crippen LogP contribution in [-0.2, 0) is 11.3 Å². The molecule has 0 heterocycles. The Kier molecular flexibility index (Phi) is 9.53. The van der Waals surface area contributed by atoms with Crippen molar-refractivity contribution in [2.75, 3.05) is 6.61 Å². The Hall–Kier alpha value is -2.27. The molecular weight excluding hydrogens is 461 g/mol. The zero-order chi connectivity index (χ0) is 25.5. The van der Waals surface area contributed by atoms with Gasteiger partial charge in [-0.3, -0.25) is 0 Å². The molecule has 2 saturated carbocycles. The Morgan fingerprint density at radius 2 is 1.47 bits per heavy atom. The summed E-state index contributed by atoms with van der Waals surface area (Å²) in [5.74, 6) is -0.607. The van der Waals surface area contributed by atoms with Crippen LogP contribution in [0.1, 0.15) is 99.7 Å². The third kappa shape index (κ3) is 6.73. The first-order chi connectivity index (χ1) is 17.5. The van der Waals surface area contributed by atoms with E-state index in [2.05, 4.69) is 13.5 Å². The standard InChI is InChI=1S/C31H39F3O2/c1-3-4-5-18-35-29-17-8-22(19-28(29)32)20-36-25-13-11-24(12-14-25)27-16-15-26(30(33)31(27)34)23-9-6-21(2)7-10-23/h3,8,15-17,19,21,23-25H,1,4-7,9-14,18,20H2,2H3. The van der Waals surface area contributed by atoms with Crippen LogP contribution in [0.25, 0.3) is 0 Å².